The van der Waals surface area contributed by atoms with Crippen LogP contribution in [0.2, 0.25) is 0 Å². The highest BCUT2D eigenvalue weighted by Crippen LogP contribution is 2.41. The van der Waals surface area contributed by atoms with Gasteiger partial charge in [0.2, 0.25) is 0 Å². The molecule has 1 aliphatic heterocycles. The first kappa shape index (κ1) is 26.2. The zero-order chi connectivity index (χ0) is 25.7. The summed E-state index contributed by atoms with van der Waals surface area (Å²) in [7, 11) is 0. The Hall–Kier alpha value is -3.42. The lowest BCUT2D eigenvalue weighted by Gasteiger charge is -2.31. The van der Waals surface area contributed by atoms with Gasteiger partial charge in [-0.05, 0) is 56.3 Å². The Kier molecular flexibility index (Phi) is 7.16. The molecule has 1 fully saturated rings. The van der Waals surface area contributed by atoms with E-state index in [1.807, 2.05) is 30.5 Å². The van der Waals surface area contributed by atoms with E-state index in [4.69, 9.17) is 4.42 Å². The van der Waals surface area contributed by atoms with E-state index in [0.29, 0.717) is 34.1 Å². The molecule has 6 rings (SSSR count). The molecule has 1 saturated carbocycles. The third-order valence-electron chi connectivity index (χ3n) is 7.66. The maximum Gasteiger partial charge on any atom is 0.259 e. The van der Waals surface area contributed by atoms with Gasteiger partial charge < -0.3 is 14.3 Å². The van der Waals surface area contributed by atoms with Gasteiger partial charge >= 0.3 is 0 Å². The van der Waals surface area contributed by atoms with Crippen molar-refractivity contribution in [2.75, 3.05) is 6.54 Å². The zero-order valence-corrected chi connectivity index (χ0v) is 22.2. The number of carbonyl (C=O) groups is 2. The minimum Gasteiger partial charge on any atom is -0.464 e. The van der Waals surface area contributed by atoms with E-state index in [1.54, 1.807) is 18.4 Å². The molecule has 198 valence electrons. The number of furan rings is 1. The van der Waals surface area contributed by atoms with Gasteiger partial charge in [-0.2, -0.15) is 0 Å². The average Bonchev–Trinajstić information content (AvgIpc) is 3.58. The van der Waals surface area contributed by atoms with E-state index < -0.39 is 17.6 Å². The number of amides is 2. The molecule has 2 aliphatic rings. The van der Waals surface area contributed by atoms with Crippen LogP contribution >= 0.6 is 12.4 Å². The van der Waals surface area contributed by atoms with Gasteiger partial charge in [-0.15, -0.1) is 12.4 Å². The fourth-order valence-corrected chi connectivity index (χ4v) is 5.88. The van der Waals surface area contributed by atoms with Crippen LogP contribution in [0.3, 0.4) is 0 Å². The second-order valence-electron chi connectivity index (χ2n) is 10.6. The maximum atomic E-state index is 15.4. The summed E-state index contributed by atoms with van der Waals surface area (Å²) < 4.78 is 23.2. The number of halogens is 2. The number of carbonyl (C=O) groups excluding carboxylic acids is 2. The number of benzene rings is 2. The van der Waals surface area contributed by atoms with Crippen LogP contribution in [0.4, 0.5) is 4.39 Å². The van der Waals surface area contributed by atoms with Gasteiger partial charge in [0.15, 0.2) is 0 Å². The molecule has 0 atom stereocenters. The fraction of sp³-hybridized carbons (Fsp3) is 0.333. The summed E-state index contributed by atoms with van der Waals surface area (Å²) in [5.41, 5.74) is 2.63. The molecule has 2 aromatic carbocycles. The predicted molar refractivity (Wildman–Crippen MR) is 149 cm³/mol. The van der Waals surface area contributed by atoms with Crippen molar-refractivity contribution in [2.45, 2.75) is 51.6 Å². The van der Waals surface area contributed by atoms with E-state index in [2.05, 4.69) is 29.0 Å². The van der Waals surface area contributed by atoms with Crippen molar-refractivity contribution < 1.29 is 18.4 Å². The molecule has 2 aromatic heterocycles. The number of fused-ring (bicyclic) bond motifs is 2. The molecule has 3 heterocycles. The largest absolute Gasteiger partial charge is 0.464 e. The molecule has 38 heavy (non-hydrogen) atoms. The molecule has 4 aromatic rings. The fourth-order valence-electron chi connectivity index (χ4n) is 5.88. The number of aromatic nitrogens is 1. The van der Waals surface area contributed by atoms with E-state index in [0.717, 1.165) is 43.1 Å². The average molecular weight is 536 g/mol. The van der Waals surface area contributed by atoms with Crippen LogP contribution in [-0.2, 0) is 9.59 Å². The molecule has 2 amide bonds. The highest BCUT2D eigenvalue weighted by molar-refractivity contribution is 6.50. The van der Waals surface area contributed by atoms with Crippen LogP contribution in [0.1, 0.15) is 56.7 Å². The van der Waals surface area contributed by atoms with Crippen LogP contribution in [-0.4, -0.2) is 29.0 Å². The van der Waals surface area contributed by atoms with Gasteiger partial charge in [0.05, 0.1) is 22.9 Å². The quantitative estimate of drug-likeness (QED) is 0.286. The number of rotatable bonds is 6. The minimum atomic E-state index is -0.521. The second kappa shape index (κ2) is 10.4. The molecule has 2 N–H and O–H groups in total. The van der Waals surface area contributed by atoms with Crippen molar-refractivity contribution in [1.29, 1.82) is 0 Å². The number of nitrogens with one attached hydrogen (secondary N) is 2. The Morgan fingerprint density at radius 2 is 1.71 bits per heavy atom. The van der Waals surface area contributed by atoms with E-state index in [-0.39, 0.29) is 29.6 Å². The minimum absolute atomic E-state index is 0. The lowest BCUT2D eigenvalue weighted by atomic mass is 9.90. The third-order valence-corrected chi connectivity index (χ3v) is 7.66. The van der Waals surface area contributed by atoms with Crippen LogP contribution in [0.5, 0.6) is 0 Å². The summed E-state index contributed by atoms with van der Waals surface area (Å²) in [6.45, 7) is 5.42. The smallest absolute Gasteiger partial charge is 0.259 e. The SMILES string of the molecule is CC(C)CN[C@H]1CC[C@H](n2cc(C3=C(c4cccc5ccoc45)C(=O)NC3=O)c3c(F)cccc32)CC1.Cl. The van der Waals surface area contributed by atoms with Crippen LogP contribution in [0, 0.1) is 11.7 Å². The third kappa shape index (κ3) is 4.44. The topological polar surface area (TPSA) is 76.3 Å². The summed E-state index contributed by atoms with van der Waals surface area (Å²) in [5, 5.41) is 7.29. The van der Waals surface area contributed by atoms with Crippen LogP contribution in [0.25, 0.3) is 33.0 Å². The highest BCUT2D eigenvalue weighted by Gasteiger charge is 2.36. The van der Waals surface area contributed by atoms with Gasteiger partial charge in [0, 0.05) is 40.2 Å². The molecule has 0 radical (unpaired) electrons. The number of hydrogen-bond donors (Lipinski definition) is 2. The Labute approximate surface area is 226 Å². The number of nitrogens with zero attached hydrogens (tertiary/aromatic N) is 1. The van der Waals surface area contributed by atoms with E-state index in [9.17, 15) is 9.59 Å². The van der Waals surface area contributed by atoms with Gasteiger partial charge in [0.25, 0.3) is 11.8 Å². The summed E-state index contributed by atoms with van der Waals surface area (Å²) in [6.07, 6.45) is 7.41. The number of hydrogen-bond acceptors (Lipinski definition) is 4. The summed E-state index contributed by atoms with van der Waals surface area (Å²) >= 11 is 0. The molecule has 0 unspecified atom stereocenters. The van der Waals surface area contributed by atoms with Gasteiger partial charge in [-0.3, -0.25) is 14.9 Å². The first-order valence-corrected chi connectivity index (χ1v) is 13.0. The standard InChI is InChI=1S/C30H30FN3O3.ClH/c1-17(2)15-32-19-9-11-20(12-10-19)34-16-22(25-23(31)7-4-8-24(25)34)27-26(29(35)33-30(27)36)21-6-3-5-18-13-14-37-28(18)21;/h3-8,13-14,16-17,19-20,32H,9-12,15H2,1-2H3,(H,33,35,36);1H/t19-,20-;. The summed E-state index contributed by atoms with van der Waals surface area (Å²) in [4.78, 5) is 26.3. The summed E-state index contributed by atoms with van der Waals surface area (Å²) in [6, 6.07) is 13.0. The molecule has 0 spiro atoms. The van der Waals surface area contributed by atoms with Crippen molar-refractivity contribution >= 4 is 57.2 Å². The first-order valence-electron chi connectivity index (χ1n) is 13.0. The lowest BCUT2D eigenvalue weighted by Crippen LogP contribution is -2.35. The predicted octanol–water partition coefficient (Wildman–Crippen LogP) is 6.24. The summed E-state index contributed by atoms with van der Waals surface area (Å²) in [5.74, 6) is -0.828. The molecular formula is C30H31ClFN3O3. The zero-order valence-electron chi connectivity index (χ0n) is 21.4. The normalized spacial score (nSPS) is 20.0. The molecular weight excluding hydrogens is 505 g/mol. The first-order chi connectivity index (χ1) is 17.9. The molecule has 6 nitrogen and oxygen atoms in total. The van der Waals surface area contributed by atoms with E-state index >= 15 is 4.39 Å². The second-order valence-corrected chi connectivity index (χ2v) is 10.6. The Morgan fingerprint density at radius 1 is 1.00 bits per heavy atom. The number of para-hydroxylation sites is 1. The van der Waals surface area contributed by atoms with Crippen molar-refractivity contribution in [3.05, 3.63) is 71.9 Å². The molecule has 1 aliphatic carbocycles. The van der Waals surface area contributed by atoms with Crippen molar-refractivity contribution in [2.24, 2.45) is 5.92 Å². The molecule has 0 bridgehead atoms. The van der Waals surface area contributed by atoms with Crippen LogP contribution in [0.15, 0.2) is 59.3 Å². The number of imide groups is 1. The Balaban J connectivity index is 0.00000294. The van der Waals surface area contributed by atoms with Gasteiger partial charge in [-0.25, -0.2) is 4.39 Å². The van der Waals surface area contributed by atoms with Crippen LogP contribution < -0.4 is 10.6 Å². The monoisotopic (exact) mass is 535 g/mol. The Bertz CT molecular complexity index is 1560. The van der Waals surface area contributed by atoms with Crippen molar-refractivity contribution in [3.63, 3.8) is 0 Å². The maximum absolute atomic E-state index is 15.4. The molecule has 0 saturated heterocycles. The van der Waals surface area contributed by atoms with E-state index in [1.165, 1.54) is 6.07 Å². The van der Waals surface area contributed by atoms with Gasteiger partial charge in [-0.1, -0.05) is 38.1 Å². The van der Waals surface area contributed by atoms with Crippen molar-refractivity contribution in [3.8, 4) is 0 Å². The lowest BCUT2D eigenvalue weighted by molar-refractivity contribution is -0.122. The van der Waals surface area contributed by atoms with Crippen molar-refractivity contribution in [1.82, 2.24) is 15.2 Å². The molecule has 8 heteroatoms. The van der Waals surface area contributed by atoms with Gasteiger partial charge in [0.1, 0.15) is 11.4 Å². The highest BCUT2D eigenvalue weighted by atomic mass is 35.5. The Morgan fingerprint density at radius 3 is 2.45 bits per heavy atom.